The van der Waals surface area contributed by atoms with Crippen LogP contribution in [0.4, 0.5) is 0 Å². The molecule has 0 aliphatic heterocycles. The van der Waals surface area contributed by atoms with Crippen LogP contribution in [0, 0.1) is 0 Å². The standard InChI is InChI=1S/C16H34N2O3/c1-7-17-16(5,15(19)20-8-2)10-9-11-18(6)12-13-21-14(3)4/h14,17H,7-13H2,1-6H3. The van der Waals surface area contributed by atoms with Crippen LogP contribution in [0.1, 0.15) is 47.5 Å². The summed E-state index contributed by atoms with van der Waals surface area (Å²) in [6.45, 7) is 13.6. The van der Waals surface area contributed by atoms with E-state index >= 15 is 0 Å². The summed E-state index contributed by atoms with van der Waals surface area (Å²) in [6, 6.07) is 0. The second-order valence-electron chi connectivity index (χ2n) is 5.91. The monoisotopic (exact) mass is 302 g/mol. The van der Waals surface area contributed by atoms with E-state index in [1.807, 2.05) is 34.6 Å². The largest absolute Gasteiger partial charge is 0.465 e. The van der Waals surface area contributed by atoms with E-state index < -0.39 is 5.54 Å². The Balaban J connectivity index is 4.10. The van der Waals surface area contributed by atoms with Crippen molar-refractivity contribution in [3.63, 3.8) is 0 Å². The van der Waals surface area contributed by atoms with E-state index in [2.05, 4.69) is 17.3 Å². The van der Waals surface area contributed by atoms with Crippen molar-refractivity contribution in [1.29, 1.82) is 0 Å². The maximum Gasteiger partial charge on any atom is 0.326 e. The highest BCUT2D eigenvalue weighted by atomic mass is 16.5. The van der Waals surface area contributed by atoms with Gasteiger partial charge in [0.05, 0.1) is 19.3 Å². The highest BCUT2D eigenvalue weighted by Crippen LogP contribution is 2.15. The van der Waals surface area contributed by atoms with Crippen molar-refractivity contribution in [3.05, 3.63) is 0 Å². The summed E-state index contributed by atoms with van der Waals surface area (Å²) in [5.74, 6) is -0.155. The first-order valence-corrected chi connectivity index (χ1v) is 8.08. The average molecular weight is 302 g/mol. The van der Waals surface area contributed by atoms with Crippen LogP contribution in [0.2, 0.25) is 0 Å². The SMILES string of the molecule is CCNC(C)(CCCN(C)CCOC(C)C)C(=O)OCC. The third kappa shape index (κ3) is 9.06. The van der Waals surface area contributed by atoms with Gasteiger partial charge in [-0.05, 0) is 60.7 Å². The minimum absolute atomic E-state index is 0.155. The van der Waals surface area contributed by atoms with Crippen LogP contribution < -0.4 is 5.32 Å². The molecule has 1 unspecified atom stereocenters. The molecule has 0 spiro atoms. The molecule has 5 heteroatoms. The van der Waals surface area contributed by atoms with Crippen molar-refractivity contribution in [1.82, 2.24) is 10.2 Å². The van der Waals surface area contributed by atoms with Crippen LogP contribution in [-0.4, -0.2) is 62.4 Å². The normalized spacial score (nSPS) is 14.5. The molecule has 0 rings (SSSR count). The quantitative estimate of drug-likeness (QED) is 0.559. The molecule has 0 aliphatic rings. The van der Waals surface area contributed by atoms with Crippen molar-refractivity contribution in [2.75, 3.05) is 39.9 Å². The van der Waals surface area contributed by atoms with Crippen molar-refractivity contribution in [2.45, 2.75) is 59.1 Å². The number of hydrogen-bond donors (Lipinski definition) is 1. The molecule has 1 atom stereocenters. The topological polar surface area (TPSA) is 50.8 Å². The summed E-state index contributed by atoms with van der Waals surface area (Å²) in [6.07, 6.45) is 1.99. The smallest absolute Gasteiger partial charge is 0.326 e. The van der Waals surface area contributed by atoms with E-state index in [-0.39, 0.29) is 12.1 Å². The minimum Gasteiger partial charge on any atom is -0.465 e. The molecule has 0 fully saturated rings. The number of nitrogens with zero attached hydrogens (tertiary/aromatic N) is 1. The molecular weight excluding hydrogens is 268 g/mol. The van der Waals surface area contributed by atoms with Crippen LogP contribution in [0.5, 0.6) is 0 Å². The van der Waals surface area contributed by atoms with Crippen LogP contribution in [-0.2, 0) is 14.3 Å². The second-order valence-corrected chi connectivity index (χ2v) is 5.91. The second kappa shape index (κ2) is 11.0. The molecule has 0 saturated carbocycles. The minimum atomic E-state index is -0.583. The van der Waals surface area contributed by atoms with Gasteiger partial charge in [0, 0.05) is 6.54 Å². The van der Waals surface area contributed by atoms with E-state index in [1.165, 1.54) is 0 Å². The van der Waals surface area contributed by atoms with Gasteiger partial charge in [-0.15, -0.1) is 0 Å². The van der Waals surface area contributed by atoms with E-state index in [9.17, 15) is 4.79 Å². The molecule has 0 aromatic carbocycles. The Labute approximate surface area is 130 Å². The Morgan fingerprint density at radius 1 is 1.29 bits per heavy atom. The summed E-state index contributed by atoms with van der Waals surface area (Å²) in [5.41, 5.74) is -0.583. The molecule has 21 heavy (non-hydrogen) atoms. The number of hydrogen-bond acceptors (Lipinski definition) is 5. The number of nitrogens with one attached hydrogen (secondary N) is 1. The van der Waals surface area contributed by atoms with Gasteiger partial charge in [0.25, 0.3) is 0 Å². The molecule has 0 amide bonds. The molecule has 5 nitrogen and oxygen atoms in total. The van der Waals surface area contributed by atoms with Gasteiger partial charge in [0.2, 0.25) is 0 Å². The number of esters is 1. The van der Waals surface area contributed by atoms with E-state index in [1.54, 1.807) is 0 Å². The maximum atomic E-state index is 12.1. The Hall–Kier alpha value is -0.650. The van der Waals surface area contributed by atoms with Crippen molar-refractivity contribution in [2.24, 2.45) is 0 Å². The number of rotatable bonds is 12. The van der Waals surface area contributed by atoms with Crippen LogP contribution in [0.3, 0.4) is 0 Å². The first kappa shape index (κ1) is 20.3. The average Bonchev–Trinajstić information content (AvgIpc) is 2.38. The fraction of sp³-hybridized carbons (Fsp3) is 0.938. The zero-order chi connectivity index (χ0) is 16.3. The lowest BCUT2D eigenvalue weighted by Crippen LogP contribution is -2.50. The molecule has 0 aromatic heterocycles. The number of likely N-dealkylation sites (N-methyl/N-ethyl adjacent to an activating group) is 2. The van der Waals surface area contributed by atoms with Gasteiger partial charge in [-0.2, -0.15) is 0 Å². The summed E-state index contributed by atoms with van der Waals surface area (Å²) in [7, 11) is 2.08. The zero-order valence-electron chi connectivity index (χ0n) is 14.7. The molecule has 1 N–H and O–H groups in total. The summed E-state index contributed by atoms with van der Waals surface area (Å²) in [5, 5.41) is 3.26. The van der Waals surface area contributed by atoms with Gasteiger partial charge in [-0.3, -0.25) is 4.79 Å². The predicted octanol–water partition coefficient (Wildman–Crippen LogP) is 2.05. The van der Waals surface area contributed by atoms with Crippen molar-refractivity contribution >= 4 is 5.97 Å². The maximum absolute atomic E-state index is 12.1. The van der Waals surface area contributed by atoms with Gasteiger partial charge >= 0.3 is 5.97 Å². The fourth-order valence-electron chi connectivity index (χ4n) is 2.20. The number of carbonyl (C=O) groups excluding carboxylic acids is 1. The summed E-state index contributed by atoms with van der Waals surface area (Å²) in [4.78, 5) is 14.3. The molecule has 0 radical (unpaired) electrons. The van der Waals surface area contributed by atoms with Gasteiger partial charge in [0.1, 0.15) is 5.54 Å². The Bertz CT molecular complexity index is 285. The first-order valence-electron chi connectivity index (χ1n) is 8.08. The highest BCUT2D eigenvalue weighted by molar-refractivity contribution is 5.80. The van der Waals surface area contributed by atoms with E-state index in [0.29, 0.717) is 6.61 Å². The molecule has 0 aliphatic carbocycles. The lowest BCUT2D eigenvalue weighted by Gasteiger charge is -2.29. The predicted molar refractivity (Wildman–Crippen MR) is 86.5 cm³/mol. The molecular formula is C16H34N2O3. The zero-order valence-corrected chi connectivity index (χ0v) is 14.7. The molecule has 0 heterocycles. The third-order valence-corrected chi connectivity index (χ3v) is 3.43. The molecule has 0 saturated heterocycles. The molecule has 0 aromatic rings. The van der Waals surface area contributed by atoms with Crippen molar-refractivity contribution < 1.29 is 14.3 Å². The van der Waals surface area contributed by atoms with Gasteiger partial charge in [-0.25, -0.2) is 0 Å². The van der Waals surface area contributed by atoms with E-state index in [4.69, 9.17) is 9.47 Å². The Morgan fingerprint density at radius 3 is 2.48 bits per heavy atom. The van der Waals surface area contributed by atoms with Crippen LogP contribution >= 0.6 is 0 Å². The third-order valence-electron chi connectivity index (χ3n) is 3.43. The van der Waals surface area contributed by atoms with Crippen LogP contribution in [0.15, 0.2) is 0 Å². The highest BCUT2D eigenvalue weighted by Gasteiger charge is 2.33. The Kier molecular flexibility index (Phi) is 10.6. The summed E-state index contributed by atoms with van der Waals surface area (Å²) >= 11 is 0. The first-order chi connectivity index (χ1) is 9.85. The Morgan fingerprint density at radius 2 is 1.95 bits per heavy atom. The lowest BCUT2D eigenvalue weighted by molar-refractivity contribution is -0.150. The number of carbonyl (C=O) groups is 1. The summed E-state index contributed by atoms with van der Waals surface area (Å²) < 4.78 is 10.7. The van der Waals surface area contributed by atoms with Crippen molar-refractivity contribution in [3.8, 4) is 0 Å². The van der Waals surface area contributed by atoms with Gasteiger partial charge in [0.15, 0.2) is 0 Å². The molecule has 0 bridgehead atoms. The van der Waals surface area contributed by atoms with Crippen LogP contribution in [0.25, 0.3) is 0 Å². The lowest BCUT2D eigenvalue weighted by atomic mass is 9.95. The van der Waals surface area contributed by atoms with Gasteiger partial charge in [-0.1, -0.05) is 6.92 Å². The van der Waals surface area contributed by atoms with E-state index in [0.717, 1.165) is 39.1 Å². The number of ether oxygens (including phenoxy) is 2. The molecule has 126 valence electrons. The fourth-order valence-corrected chi connectivity index (χ4v) is 2.20. The van der Waals surface area contributed by atoms with Gasteiger partial charge < -0.3 is 19.7 Å².